The zero-order valence-electron chi connectivity index (χ0n) is 15.0. The summed E-state index contributed by atoms with van der Waals surface area (Å²) in [6.45, 7) is 0. The number of fused-ring (bicyclic) bond motifs is 3. The highest BCUT2D eigenvalue weighted by Crippen LogP contribution is 2.33. The highest BCUT2D eigenvalue weighted by Gasteiger charge is 2.13. The molecule has 4 aromatic carbocycles. The topological polar surface area (TPSA) is 22.0 Å². The molecule has 0 spiro atoms. The summed E-state index contributed by atoms with van der Waals surface area (Å²) in [5, 5.41) is 2.41. The first-order chi connectivity index (χ1) is 13.7. The third kappa shape index (κ3) is 2.76. The maximum absolute atomic E-state index is 12.7. The molecule has 0 aliphatic rings. The summed E-state index contributed by atoms with van der Waals surface area (Å²) in [5.41, 5.74) is 4.73. The van der Waals surface area contributed by atoms with Crippen LogP contribution in [0.3, 0.4) is 0 Å². The van der Waals surface area contributed by atoms with E-state index in [4.69, 9.17) is 0 Å². The van der Waals surface area contributed by atoms with Gasteiger partial charge in [0.15, 0.2) is 5.78 Å². The number of para-hydroxylation sites is 1. The molecule has 1 aromatic heterocycles. The summed E-state index contributed by atoms with van der Waals surface area (Å²) in [6, 6.07) is 32.0. The molecule has 0 aliphatic heterocycles. The lowest BCUT2D eigenvalue weighted by Gasteiger charge is -2.09. The van der Waals surface area contributed by atoms with Crippen LogP contribution in [0, 0.1) is 0 Å². The Morgan fingerprint density at radius 3 is 2.07 bits per heavy atom. The number of aromatic nitrogens is 1. The van der Waals surface area contributed by atoms with Gasteiger partial charge in [0.1, 0.15) is 0 Å². The predicted octanol–water partition coefficient (Wildman–Crippen LogP) is 6.78. The monoisotopic (exact) mass is 425 g/mol. The minimum absolute atomic E-state index is 0.0401. The van der Waals surface area contributed by atoms with Crippen molar-refractivity contribution in [2.75, 3.05) is 0 Å². The van der Waals surface area contributed by atoms with Gasteiger partial charge in [-0.1, -0.05) is 64.5 Å². The van der Waals surface area contributed by atoms with E-state index in [0.29, 0.717) is 11.1 Å². The first-order valence-corrected chi connectivity index (χ1v) is 9.90. The van der Waals surface area contributed by atoms with Gasteiger partial charge in [-0.25, -0.2) is 0 Å². The lowest BCUT2D eigenvalue weighted by atomic mass is 10.0. The number of halogens is 1. The summed E-state index contributed by atoms with van der Waals surface area (Å²) in [5.74, 6) is 0.0401. The van der Waals surface area contributed by atoms with E-state index in [9.17, 15) is 4.79 Å². The van der Waals surface area contributed by atoms with Gasteiger partial charge in [-0.05, 0) is 48.5 Å². The van der Waals surface area contributed by atoms with Crippen molar-refractivity contribution < 1.29 is 4.79 Å². The Kier molecular flexibility index (Phi) is 4.10. The summed E-state index contributed by atoms with van der Waals surface area (Å²) >= 11 is 3.58. The molecule has 0 aliphatic carbocycles. The van der Waals surface area contributed by atoms with E-state index in [1.165, 1.54) is 10.8 Å². The van der Waals surface area contributed by atoms with E-state index in [0.717, 1.165) is 21.2 Å². The van der Waals surface area contributed by atoms with E-state index in [2.05, 4.69) is 63.0 Å². The molecule has 0 saturated carbocycles. The van der Waals surface area contributed by atoms with Crippen molar-refractivity contribution in [3.8, 4) is 5.69 Å². The molecule has 1 heterocycles. The van der Waals surface area contributed by atoms with Crippen LogP contribution < -0.4 is 0 Å². The average Bonchev–Trinajstić information content (AvgIpc) is 3.08. The van der Waals surface area contributed by atoms with E-state index in [1.54, 1.807) is 0 Å². The summed E-state index contributed by atoms with van der Waals surface area (Å²) in [7, 11) is 0. The van der Waals surface area contributed by atoms with Gasteiger partial charge in [0.05, 0.1) is 11.0 Å². The van der Waals surface area contributed by atoms with Gasteiger partial charge in [0.2, 0.25) is 0 Å². The van der Waals surface area contributed by atoms with Crippen molar-refractivity contribution in [2.45, 2.75) is 0 Å². The Morgan fingerprint density at radius 2 is 1.29 bits per heavy atom. The first kappa shape index (κ1) is 17.0. The molecule has 0 fully saturated rings. The first-order valence-electron chi connectivity index (χ1n) is 9.11. The van der Waals surface area contributed by atoms with E-state index in [-0.39, 0.29) is 5.78 Å². The highest BCUT2D eigenvalue weighted by molar-refractivity contribution is 9.10. The number of carbonyl (C=O) groups is 1. The molecule has 3 heteroatoms. The fourth-order valence-electron chi connectivity index (χ4n) is 3.74. The van der Waals surface area contributed by atoms with Crippen LogP contribution in [0.2, 0.25) is 0 Å². The molecule has 5 rings (SSSR count). The third-order valence-electron chi connectivity index (χ3n) is 5.06. The fraction of sp³-hybridized carbons (Fsp3) is 0. The van der Waals surface area contributed by atoms with Crippen molar-refractivity contribution in [3.05, 3.63) is 113 Å². The zero-order valence-corrected chi connectivity index (χ0v) is 16.6. The summed E-state index contributed by atoms with van der Waals surface area (Å²) in [6.07, 6.45) is 0. The van der Waals surface area contributed by atoms with Crippen LogP contribution in [-0.2, 0) is 0 Å². The van der Waals surface area contributed by atoms with Crippen LogP contribution in [0.5, 0.6) is 0 Å². The van der Waals surface area contributed by atoms with Gasteiger partial charge >= 0.3 is 0 Å². The Labute approximate surface area is 171 Å². The molecule has 28 heavy (non-hydrogen) atoms. The maximum Gasteiger partial charge on any atom is 0.193 e. The Morgan fingerprint density at radius 1 is 0.643 bits per heavy atom. The van der Waals surface area contributed by atoms with Gasteiger partial charge in [0, 0.05) is 32.1 Å². The molecule has 0 saturated heterocycles. The average molecular weight is 426 g/mol. The maximum atomic E-state index is 12.7. The number of hydrogen-bond acceptors (Lipinski definition) is 1. The zero-order chi connectivity index (χ0) is 19.1. The second-order valence-electron chi connectivity index (χ2n) is 6.76. The molecule has 134 valence electrons. The van der Waals surface area contributed by atoms with Crippen LogP contribution in [0.1, 0.15) is 15.9 Å². The number of rotatable bonds is 3. The van der Waals surface area contributed by atoms with Gasteiger partial charge < -0.3 is 4.57 Å². The van der Waals surface area contributed by atoms with Gasteiger partial charge in [0.25, 0.3) is 0 Å². The molecule has 0 atom stereocenters. The molecule has 0 amide bonds. The van der Waals surface area contributed by atoms with Crippen LogP contribution in [0.15, 0.2) is 102 Å². The Bertz CT molecular complexity index is 1320. The molecule has 0 bridgehead atoms. The van der Waals surface area contributed by atoms with E-state index < -0.39 is 0 Å². The number of nitrogens with zero attached hydrogens (tertiary/aromatic N) is 1. The highest BCUT2D eigenvalue weighted by atomic mass is 79.9. The van der Waals surface area contributed by atoms with E-state index in [1.807, 2.05) is 54.6 Å². The number of benzene rings is 4. The van der Waals surface area contributed by atoms with Crippen LogP contribution in [0.4, 0.5) is 0 Å². The quantitative estimate of drug-likeness (QED) is 0.292. The van der Waals surface area contributed by atoms with Crippen molar-refractivity contribution >= 4 is 43.5 Å². The Balaban J connectivity index is 1.65. The smallest absolute Gasteiger partial charge is 0.193 e. The standard InChI is InChI=1S/C25H16BrNO/c26-19-12-15-24-22(16-19)21-8-4-5-9-23(21)27(24)20-13-10-18(11-14-20)25(28)17-6-2-1-3-7-17/h1-16H. The summed E-state index contributed by atoms with van der Waals surface area (Å²) in [4.78, 5) is 12.7. The van der Waals surface area contributed by atoms with Gasteiger partial charge in [-0.15, -0.1) is 0 Å². The molecule has 2 nitrogen and oxygen atoms in total. The number of ketones is 1. The number of hydrogen-bond donors (Lipinski definition) is 0. The number of carbonyl (C=O) groups excluding carboxylic acids is 1. The van der Waals surface area contributed by atoms with Crippen molar-refractivity contribution in [1.82, 2.24) is 4.57 Å². The minimum Gasteiger partial charge on any atom is -0.309 e. The lowest BCUT2D eigenvalue weighted by molar-refractivity contribution is 0.103. The normalized spacial score (nSPS) is 11.2. The molecule has 0 unspecified atom stereocenters. The predicted molar refractivity (Wildman–Crippen MR) is 118 cm³/mol. The van der Waals surface area contributed by atoms with Gasteiger partial charge in [-0.2, -0.15) is 0 Å². The SMILES string of the molecule is O=C(c1ccccc1)c1ccc(-n2c3ccccc3c3cc(Br)ccc32)cc1. The largest absolute Gasteiger partial charge is 0.309 e. The summed E-state index contributed by atoms with van der Waals surface area (Å²) < 4.78 is 3.31. The second kappa shape index (κ2) is 6.77. The van der Waals surface area contributed by atoms with Crippen molar-refractivity contribution in [1.29, 1.82) is 0 Å². The van der Waals surface area contributed by atoms with Crippen LogP contribution in [-0.4, -0.2) is 10.4 Å². The van der Waals surface area contributed by atoms with Crippen molar-refractivity contribution in [2.24, 2.45) is 0 Å². The molecule has 5 aromatic rings. The minimum atomic E-state index is 0.0401. The van der Waals surface area contributed by atoms with Crippen molar-refractivity contribution in [3.63, 3.8) is 0 Å². The molecule has 0 N–H and O–H groups in total. The third-order valence-corrected chi connectivity index (χ3v) is 5.55. The van der Waals surface area contributed by atoms with Crippen LogP contribution in [0.25, 0.3) is 27.5 Å². The molecular weight excluding hydrogens is 410 g/mol. The molecular formula is C25H16BrNO. The lowest BCUT2D eigenvalue weighted by Crippen LogP contribution is -2.01. The fourth-order valence-corrected chi connectivity index (χ4v) is 4.10. The second-order valence-corrected chi connectivity index (χ2v) is 7.67. The van der Waals surface area contributed by atoms with Crippen LogP contribution >= 0.6 is 15.9 Å². The Hall–Kier alpha value is -3.17. The molecule has 0 radical (unpaired) electrons. The van der Waals surface area contributed by atoms with Gasteiger partial charge in [-0.3, -0.25) is 4.79 Å². The van der Waals surface area contributed by atoms with E-state index >= 15 is 0 Å².